The van der Waals surface area contributed by atoms with Crippen molar-refractivity contribution in [3.05, 3.63) is 40.6 Å². The zero-order chi connectivity index (χ0) is 19.3. The molecule has 1 fully saturated rings. The Bertz CT molecular complexity index is 871. The Hall–Kier alpha value is -1.90. The molecule has 0 bridgehead atoms. The third kappa shape index (κ3) is 4.88. The van der Waals surface area contributed by atoms with Gasteiger partial charge in [0.15, 0.2) is 0 Å². The van der Waals surface area contributed by atoms with Crippen molar-refractivity contribution in [2.75, 3.05) is 25.5 Å². The molecule has 27 heavy (non-hydrogen) atoms. The molecule has 1 aromatic carbocycles. The lowest BCUT2D eigenvalue weighted by molar-refractivity contribution is -0.115. The van der Waals surface area contributed by atoms with Gasteiger partial charge in [-0.2, -0.15) is 15.6 Å². The average Bonchev–Trinajstić information content (AvgIpc) is 2.99. The molecule has 0 radical (unpaired) electrons. The topological polar surface area (TPSA) is 75.7 Å². The van der Waals surface area contributed by atoms with Crippen molar-refractivity contribution in [3.8, 4) is 5.75 Å². The first-order chi connectivity index (χ1) is 13.0. The van der Waals surface area contributed by atoms with Crippen molar-refractivity contribution in [1.29, 1.82) is 0 Å². The van der Waals surface area contributed by atoms with Gasteiger partial charge in [0, 0.05) is 13.1 Å². The van der Waals surface area contributed by atoms with Gasteiger partial charge in [-0.3, -0.25) is 4.79 Å². The summed E-state index contributed by atoms with van der Waals surface area (Å²) in [6.07, 6.45) is 4.09. The molecule has 2 aromatic rings. The lowest BCUT2D eigenvalue weighted by Crippen LogP contribution is -2.32. The van der Waals surface area contributed by atoms with Gasteiger partial charge >= 0.3 is 0 Å². The monoisotopic (exact) mass is 408 g/mol. The van der Waals surface area contributed by atoms with E-state index in [1.807, 2.05) is 16.8 Å². The molecular formula is C19H24N2O4S2. The van der Waals surface area contributed by atoms with Crippen molar-refractivity contribution < 1.29 is 17.9 Å². The van der Waals surface area contributed by atoms with E-state index in [2.05, 4.69) is 5.32 Å². The molecule has 1 saturated heterocycles. The first kappa shape index (κ1) is 19.9. The fourth-order valence-electron chi connectivity index (χ4n) is 3.15. The summed E-state index contributed by atoms with van der Waals surface area (Å²) in [6, 6.07) is 6.50. The van der Waals surface area contributed by atoms with Gasteiger partial charge < -0.3 is 10.1 Å². The van der Waals surface area contributed by atoms with E-state index in [-0.39, 0.29) is 17.2 Å². The van der Waals surface area contributed by atoms with Crippen molar-refractivity contribution in [3.63, 3.8) is 0 Å². The number of thiophene rings is 1. The number of hydrogen-bond donors (Lipinski definition) is 1. The summed E-state index contributed by atoms with van der Waals surface area (Å²) in [5.41, 5.74) is 1.29. The van der Waals surface area contributed by atoms with Crippen LogP contribution in [0.4, 0.5) is 5.69 Å². The van der Waals surface area contributed by atoms with E-state index < -0.39 is 10.0 Å². The highest BCUT2D eigenvalue weighted by atomic mass is 32.2. The maximum Gasteiger partial charge on any atom is 0.243 e. The Kier molecular flexibility index (Phi) is 6.51. The summed E-state index contributed by atoms with van der Waals surface area (Å²) in [6.45, 7) is 1.07. The van der Waals surface area contributed by atoms with Gasteiger partial charge in [0.1, 0.15) is 5.75 Å². The summed E-state index contributed by atoms with van der Waals surface area (Å²) in [5, 5.41) is 6.61. The number of carbonyl (C=O) groups excluding carboxylic acids is 1. The van der Waals surface area contributed by atoms with E-state index in [0.717, 1.165) is 31.2 Å². The number of methoxy groups -OCH3 is 1. The number of nitrogens with one attached hydrogen (secondary N) is 1. The van der Waals surface area contributed by atoms with Gasteiger partial charge in [0.25, 0.3) is 0 Å². The molecule has 1 aromatic heterocycles. The standard InChI is InChI=1S/C19H24N2O4S2/c1-25-18-7-6-16(27(23,24)21-9-4-2-3-5-10-21)13-17(18)20-19(22)12-15-8-11-26-14-15/h6-8,11,13-14H,2-5,9-10,12H2,1H3,(H,20,22). The maximum atomic E-state index is 13.0. The molecule has 1 aliphatic rings. The molecule has 3 rings (SSSR count). The number of amides is 1. The highest BCUT2D eigenvalue weighted by Gasteiger charge is 2.26. The van der Waals surface area contributed by atoms with Crippen LogP contribution in [0.2, 0.25) is 0 Å². The van der Waals surface area contributed by atoms with E-state index in [1.165, 1.54) is 30.6 Å². The molecule has 146 valence electrons. The van der Waals surface area contributed by atoms with E-state index >= 15 is 0 Å². The highest BCUT2D eigenvalue weighted by molar-refractivity contribution is 7.89. The third-order valence-corrected chi connectivity index (χ3v) is 7.22. The molecule has 0 unspecified atom stereocenters. The predicted octanol–water partition coefficient (Wildman–Crippen LogP) is 3.50. The van der Waals surface area contributed by atoms with Gasteiger partial charge in [-0.05, 0) is 53.4 Å². The molecule has 1 aliphatic heterocycles. The molecular weight excluding hydrogens is 384 g/mol. The molecule has 2 heterocycles. The second-order valence-electron chi connectivity index (χ2n) is 6.54. The van der Waals surface area contributed by atoms with Crippen molar-refractivity contribution in [1.82, 2.24) is 4.31 Å². The zero-order valence-electron chi connectivity index (χ0n) is 15.3. The fourth-order valence-corrected chi connectivity index (χ4v) is 5.36. The van der Waals surface area contributed by atoms with Gasteiger partial charge in [-0.25, -0.2) is 8.42 Å². The number of rotatable bonds is 6. The molecule has 0 spiro atoms. The van der Waals surface area contributed by atoms with Crippen LogP contribution in [0.3, 0.4) is 0 Å². The SMILES string of the molecule is COc1ccc(S(=O)(=O)N2CCCCCC2)cc1NC(=O)Cc1ccsc1. The number of ether oxygens (including phenoxy) is 1. The van der Waals surface area contributed by atoms with Crippen LogP contribution >= 0.6 is 11.3 Å². The molecule has 0 saturated carbocycles. The Labute approximate surface area is 164 Å². The number of sulfonamides is 1. The fraction of sp³-hybridized carbons (Fsp3) is 0.421. The summed E-state index contributed by atoms with van der Waals surface area (Å²) in [4.78, 5) is 12.5. The maximum absolute atomic E-state index is 13.0. The molecule has 8 heteroatoms. The van der Waals surface area contributed by atoms with Gasteiger partial charge in [0.2, 0.25) is 15.9 Å². The number of anilines is 1. The molecule has 6 nitrogen and oxygen atoms in total. The Balaban J connectivity index is 1.82. The summed E-state index contributed by atoms with van der Waals surface area (Å²) in [7, 11) is -2.10. The third-order valence-electron chi connectivity index (χ3n) is 4.59. The Morgan fingerprint density at radius 1 is 1.19 bits per heavy atom. The Morgan fingerprint density at radius 2 is 1.93 bits per heavy atom. The number of nitrogens with zero attached hydrogens (tertiary/aromatic N) is 1. The van der Waals surface area contributed by atoms with E-state index in [4.69, 9.17) is 4.74 Å². The van der Waals surface area contributed by atoms with E-state index in [0.29, 0.717) is 24.5 Å². The number of benzene rings is 1. The summed E-state index contributed by atoms with van der Waals surface area (Å²) >= 11 is 1.53. The summed E-state index contributed by atoms with van der Waals surface area (Å²) < 4.78 is 32.8. The van der Waals surface area contributed by atoms with Crippen LogP contribution in [0.15, 0.2) is 39.9 Å². The minimum atomic E-state index is -3.59. The molecule has 0 atom stereocenters. The second-order valence-corrected chi connectivity index (χ2v) is 9.25. The van der Waals surface area contributed by atoms with Crippen LogP contribution in [-0.4, -0.2) is 38.8 Å². The smallest absolute Gasteiger partial charge is 0.243 e. The number of hydrogen-bond acceptors (Lipinski definition) is 5. The van der Waals surface area contributed by atoms with Crippen LogP contribution in [-0.2, 0) is 21.2 Å². The van der Waals surface area contributed by atoms with Gasteiger partial charge in [-0.1, -0.05) is 12.8 Å². The second kappa shape index (κ2) is 8.86. The van der Waals surface area contributed by atoms with Crippen LogP contribution in [0.5, 0.6) is 5.75 Å². The molecule has 1 amide bonds. The quantitative estimate of drug-likeness (QED) is 0.794. The van der Waals surface area contributed by atoms with Crippen LogP contribution in [0, 0.1) is 0 Å². The van der Waals surface area contributed by atoms with E-state index in [9.17, 15) is 13.2 Å². The van der Waals surface area contributed by atoms with Crippen molar-refractivity contribution >= 4 is 33.0 Å². The zero-order valence-corrected chi connectivity index (χ0v) is 16.9. The molecule has 0 aliphatic carbocycles. The highest BCUT2D eigenvalue weighted by Crippen LogP contribution is 2.30. The van der Waals surface area contributed by atoms with Crippen molar-refractivity contribution in [2.24, 2.45) is 0 Å². The number of carbonyl (C=O) groups is 1. The van der Waals surface area contributed by atoms with Crippen LogP contribution < -0.4 is 10.1 Å². The van der Waals surface area contributed by atoms with Gasteiger partial charge in [-0.15, -0.1) is 0 Å². The van der Waals surface area contributed by atoms with Crippen LogP contribution in [0.1, 0.15) is 31.2 Å². The first-order valence-electron chi connectivity index (χ1n) is 9.00. The lowest BCUT2D eigenvalue weighted by atomic mass is 10.2. The van der Waals surface area contributed by atoms with Gasteiger partial charge in [0.05, 0.1) is 24.1 Å². The molecule has 1 N–H and O–H groups in total. The Morgan fingerprint density at radius 3 is 2.56 bits per heavy atom. The van der Waals surface area contributed by atoms with E-state index in [1.54, 1.807) is 10.4 Å². The summed E-state index contributed by atoms with van der Waals surface area (Å²) in [5.74, 6) is 0.222. The predicted molar refractivity (Wildman–Crippen MR) is 107 cm³/mol. The minimum Gasteiger partial charge on any atom is -0.495 e. The lowest BCUT2D eigenvalue weighted by Gasteiger charge is -2.21. The normalized spacial score (nSPS) is 15.9. The van der Waals surface area contributed by atoms with Crippen LogP contribution in [0.25, 0.3) is 0 Å². The first-order valence-corrected chi connectivity index (χ1v) is 11.4. The average molecular weight is 409 g/mol. The largest absolute Gasteiger partial charge is 0.495 e. The van der Waals surface area contributed by atoms with Crippen molar-refractivity contribution in [2.45, 2.75) is 37.0 Å². The minimum absolute atomic E-state index is 0.177.